The molecule has 29 heavy (non-hydrogen) atoms. The first-order valence-electron chi connectivity index (χ1n) is 8.89. The van der Waals surface area contributed by atoms with Crippen molar-refractivity contribution in [2.45, 2.75) is 12.6 Å². The molecule has 3 aromatic rings. The van der Waals surface area contributed by atoms with Crippen LogP contribution in [0.25, 0.3) is 0 Å². The normalized spacial score (nSPS) is 11.1. The summed E-state index contributed by atoms with van der Waals surface area (Å²) in [6.07, 6.45) is 0. The number of rotatable bonds is 7. The zero-order valence-electron chi connectivity index (χ0n) is 15.4. The number of nitriles is 1. The van der Waals surface area contributed by atoms with Gasteiger partial charge in [0.1, 0.15) is 6.04 Å². The lowest BCUT2D eigenvalue weighted by molar-refractivity contribution is -0.384. The zero-order valence-corrected chi connectivity index (χ0v) is 15.4. The van der Waals surface area contributed by atoms with Crippen molar-refractivity contribution in [1.29, 1.82) is 5.26 Å². The fraction of sp³-hybridized carbons (Fsp3) is 0.0909. The maximum absolute atomic E-state index is 12.9. The van der Waals surface area contributed by atoms with Gasteiger partial charge in [-0.15, -0.1) is 0 Å². The molecule has 1 atom stereocenters. The van der Waals surface area contributed by atoms with Crippen LogP contribution in [-0.4, -0.2) is 10.8 Å². The maximum Gasteiger partial charge on any atom is 0.269 e. The van der Waals surface area contributed by atoms with Gasteiger partial charge in [0.15, 0.2) is 0 Å². The third kappa shape index (κ3) is 5.17. The van der Waals surface area contributed by atoms with Crippen LogP contribution in [0.4, 0.5) is 11.4 Å². The predicted molar refractivity (Wildman–Crippen MR) is 109 cm³/mol. The molecule has 0 aromatic heterocycles. The first-order valence-corrected chi connectivity index (χ1v) is 8.89. The summed E-state index contributed by atoms with van der Waals surface area (Å²) in [5.41, 5.74) is 2.43. The highest BCUT2D eigenvalue weighted by molar-refractivity contribution is 5.86. The number of benzene rings is 3. The van der Waals surface area contributed by atoms with Crippen molar-refractivity contribution < 1.29 is 9.72 Å². The minimum Gasteiger partial charge on any atom is -0.370 e. The summed E-state index contributed by atoms with van der Waals surface area (Å²) in [5.74, 6) is -0.321. The van der Waals surface area contributed by atoms with Crippen molar-refractivity contribution in [3.05, 3.63) is 106 Å². The molecule has 0 saturated carbocycles. The molecule has 0 aliphatic carbocycles. The van der Waals surface area contributed by atoms with Gasteiger partial charge in [-0.25, -0.2) is 0 Å². The number of amides is 1. The predicted octanol–water partition coefficient (Wildman–Crippen LogP) is 3.94. The Morgan fingerprint density at radius 2 is 1.76 bits per heavy atom. The molecule has 0 aliphatic rings. The largest absolute Gasteiger partial charge is 0.370 e. The summed E-state index contributed by atoms with van der Waals surface area (Å²) >= 11 is 0. The molecular weight excluding hydrogens is 368 g/mol. The van der Waals surface area contributed by atoms with E-state index in [2.05, 4.69) is 10.6 Å². The number of nitro benzene ring substituents is 1. The molecule has 0 radical (unpaired) electrons. The highest BCUT2D eigenvalue weighted by atomic mass is 16.6. The molecule has 0 aliphatic heterocycles. The van der Waals surface area contributed by atoms with Crippen LogP contribution in [0.1, 0.15) is 22.7 Å². The van der Waals surface area contributed by atoms with Gasteiger partial charge in [0.2, 0.25) is 5.91 Å². The number of non-ortho nitro benzene ring substituents is 1. The molecule has 0 spiro atoms. The molecule has 3 rings (SSSR count). The van der Waals surface area contributed by atoms with E-state index in [1.165, 1.54) is 12.1 Å². The van der Waals surface area contributed by atoms with Crippen LogP contribution in [-0.2, 0) is 11.3 Å². The lowest BCUT2D eigenvalue weighted by atomic mass is 10.0. The topological polar surface area (TPSA) is 108 Å². The molecule has 0 fully saturated rings. The summed E-state index contributed by atoms with van der Waals surface area (Å²) in [6.45, 7) is 0.333. The molecule has 7 heteroatoms. The lowest BCUT2D eigenvalue weighted by Gasteiger charge is -2.20. The van der Waals surface area contributed by atoms with E-state index in [9.17, 15) is 14.9 Å². The number of nitro groups is 1. The van der Waals surface area contributed by atoms with Gasteiger partial charge in [0, 0.05) is 24.4 Å². The fourth-order valence-corrected chi connectivity index (χ4v) is 2.81. The minimum atomic E-state index is -0.841. The second kappa shape index (κ2) is 9.15. The Hall–Kier alpha value is -4.18. The molecule has 0 bridgehead atoms. The standard InChI is InChI=1S/C22H18N4O3/c23-14-16-9-11-19(12-10-16)25-21(18-7-4-8-20(13-18)26(28)29)22(27)24-15-17-5-2-1-3-6-17/h1-13,21,25H,15H2,(H,24,27). The van der Waals surface area contributed by atoms with Crippen molar-refractivity contribution in [2.24, 2.45) is 0 Å². The first-order chi connectivity index (χ1) is 14.1. The summed E-state index contributed by atoms with van der Waals surface area (Å²) in [5, 5.41) is 26.0. The average Bonchev–Trinajstić information content (AvgIpc) is 2.77. The molecule has 3 aromatic carbocycles. The van der Waals surface area contributed by atoms with Gasteiger partial charge in [-0.2, -0.15) is 5.26 Å². The van der Waals surface area contributed by atoms with E-state index in [0.717, 1.165) is 5.56 Å². The van der Waals surface area contributed by atoms with Crippen LogP contribution in [0.15, 0.2) is 78.9 Å². The quantitative estimate of drug-likeness (QED) is 0.472. The van der Waals surface area contributed by atoms with E-state index in [1.54, 1.807) is 36.4 Å². The van der Waals surface area contributed by atoms with Gasteiger partial charge >= 0.3 is 0 Å². The third-order valence-electron chi connectivity index (χ3n) is 4.31. The van der Waals surface area contributed by atoms with Crippen LogP contribution >= 0.6 is 0 Å². The van der Waals surface area contributed by atoms with Crippen molar-refractivity contribution in [2.75, 3.05) is 5.32 Å². The van der Waals surface area contributed by atoms with E-state index in [-0.39, 0.29) is 11.6 Å². The van der Waals surface area contributed by atoms with Crippen molar-refractivity contribution in [1.82, 2.24) is 5.32 Å². The van der Waals surface area contributed by atoms with Crippen LogP contribution < -0.4 is 10.6 Å². The van der Waals surface area contributed by atoms with Crippen molar-refractivity contribution in [3.8, 4) is 6.07 Å². The van der Waals surface area contributed by atoms with Gasteiger partial charge in [-0.05, 0) is 35.4 Å². The SMILES string of the molecule is N#Cc1ccc(NC(C(=O)NCc2ccccc2)c2cccc([N+](=O)[O-])c2)cc1. The minimum absolute atomic E-state index is 0.0926. The lowest BCUT2D eigenvalue weighted by Crippen LogP contribution is -2.33. The summed E-state index contributed by atoms with van der Waals surface area (Å²) in [4.78, 5) is 23.6. The van der Waals surface area contributed by atoms with Crippen LogP contribution in [0.5, 0.6) is 0 Å². The van der Waals surface area contributed by atoms with Gasteiger partial charge in [0.05, 0.1) is 16.6 Å². The van der Waals surface area contributed by atoms with Crippen LogP contribution in [0.3, 0.4) is 0 Å². The van der Waals surface area contributed by atoms with Gasteiger partial charge in [0.25, 0.3) is 5.69 Å². The van der Waals surface area contributed by atoms with E-state index < -0.39 is 11.0 Å². The number of carbonyl (C=O) groups excluding carboxylic acids is 1. The Balaban J connectivity index is 1.85. The first kappa shape index (κ1) is 19.6. The van der Waals surface area contributed by atoms with Gasteiger partial charge < -0.3 is 10.6 Å². The van der Waals surface area contributed by atoms with Gasteiger partial charge in [-0.1, -0.05) is 42.5 Å². The monoisotopic (exact) mass is 386 g/mol. The molecule has 0 saturated heterocycles. The molecule has 2 N–H and O–H groups in total. The Labute approximate surface area is 167 Å². The van der Waals surface area contributed by atoms with Crippen LogP contribution in [0.2, 0.25) is 0 Å². The van der Waals surface area contributed by atoms with E-state index in [1.807, 2.05) is 36.4 Å². The number of carbonyl (C=O) groups is 1. The molecule has 7 nitrogen and oxygen atoms in total. The van der Waals surface area contributed by atoms with Gasteiger partial charge in [-0.3, -0.25) is 14.9 Å². The summed E-state index contributed by atoms with van der Waals surface area (Å²) in [7, 11) is 0. The highest BCUT2D eigenvalue weighted by Crippen LogP contribution is 2.24. The number of nitrogens with zero attached hydrogens (tertiary/aromatic N) is 2. The number of hydrogen-bond donors (Lipinski definition) is 2. The Bertz CT molecular complexity index is 1040. The maximum atomic E-state index is 12.9. The second-order valence-electron chi connectivity index (χ2n) is 6.32. The van der Waals surface area contributed by atoms with E-state index in [0.29, 0.717) is 23.4 Å². The fourth-order valence-electron chi connectivity index (χ4n) is 2.81. The summed E-state index contributed by atoms with van der Waals surface area (Å²) < 4.78 is 0. The zero-order chi connectivity index (χ0) is 20.6. The molecule has 144 valence electrons. The third-order valence-corrected chi connectivity index (χ3v) is 4.31. The molecular formula is C22H18N4O3. The number of nitrogens with one attached hydrogen (secondary N) is 2. The van der Waals surface area contributed by atoms with E-state index in [4.69, 9.17) is 5.26 Å². The molecule has 1 amide bonds. The average molecular weight is 386 g/mol. The second-order valence-corrected chi connectivity index (χ2v) is 6.32. The Morgan fingerprint density at radius 1 is 1.03 bits per heavy atom. The smallest absolute Gasteiger partial charge is 0.269 e. The number of hydrogen-bond acceptors (Lipinski definition) is 5. The molecule has 0 heterocycles. The number of anilines is 1. The summed E-state index contributed by atoms with van der Waals surface area (Å²) in [6, 6.07) is 23.3. The Morgan fingerprint density at radius 3 is 2.41 bits per heavy atom. The molecule has 1 unspecified atom stereocenters. The van der Waals surface area contributed by atoms with E-state index >= 15 is 0 Å². The Kier molecular flexibility index (Phi) is 6.18. The van der Waals surface area contributed by atoms with Crippen LogP contribution in [0, 0.1) is 21.4 Å². The highest BCUT2D eigenvalue weighted by Gasteiger charge is 2.22. The van der Waals surface area contributed by atoms with Crippen molar-refractivity contribution >= 4 is 17.3 Å². The van der Waals surface area contributed by atoms with Crippen molar-refractivity contribution in [3.63, 3.8) is 0 Å².